The largest absolute Gasteiger partial charge is 0.497 e. The topological polar surface area (TPSA) is 47.6 Å². The van der Waals surface area contributed by atoms with E-state index in [0.29, 0.717) is 0 Å². The van der Waals surface area contributed by atoms with Crippen molar-refractivity contribution >= 4 is 22.0 Å². The number of ether oxygens (including phenoxy) is 2. The van der Waals surface area contributed by atoms with Crippen LogP contribution in [0.5, 0.6) is 5.75 Å². The van der Waals surface area contributed by atoms with Gasteiger partial charge in [-0.3, -0.25) is 0 Å². The summed E-state index contributed by atoms with van der Waals surface area (Å²) in [7, 11) is 1.61. The summed E-state index contributed by atoms with van der Waals surface area (Å²) in [5, 5.41) is 2.80. The van der Waals surface area contributed by atoms with E-state index in [2.05, 4.69) is 21.2 Å². The van der Waals surface area contributed by atoms with Gasteiger partial charge in [-0.15, -0.1) is 0 Å². The minimum atomic E-state index is -0.505. The highest BCUT2D eigenvalue weighted by molar-refractivity contribution is 9.10. The number of halogens is 1. The molecule has 0 aliphatic heterocycles. The van der Waals surface area contributed by atoms with E-state index in [0.717, 1.165) is 15.8 Å². The van der Waals surface area contributed by atoms with Crippen molar-refractivity contribution in [3.63, 3.8) is 0 Å². The Balaban J connectivity index is 2.78. The summed E-state index contributed by atoms with van der Waals surface area (Å²) in [4.78, 5) is 11.7. The standard InChI is InChI=1S/C14H20BrNO3/c1-9(16-13(17)19-14(2,3)4)11-8-10(18-5)6-7-12(11)15/h6-9H,1-5H3,(H,16,17)/t9-/m0/s1. The number of methoxy groups -OCH3 is 1. The normalized spacial score (nSPS) is 12.7. The highest BCUT2D eigenvalue weighted by Gasteiger charge is 2.19. The molecule has 0 unspecified atom stereocenters. The molecule has 0 saturated carbocycles. The van der Waals surface area contributed by atoms with Crippen molar-refractivity contribution in [3.8, 4) is 5.75 Å². The SMILES string of the molecule is COc1ccc(Br)c([C@H](C)NC(=O)OC(C)(C)C)c1. The van der Waals surface area contributed by atoms with Gasteiger partial charge in [0.1, 0.15) is 11.4 Å². The van der Waals surface area contributed by atoms with Crippen molar-refractivity contribution < 1.29 is 14.3 Å². The number of benzene rings is 1. The number of nitrogens with one attached hydrogen (secondary N) is 1. The molecule has 0 heterocycles. The van der Waals surface area contributed by atoms with Crippen LogP contribution in [0.3, 0.4) is 0 Å². The molecule has 0 fully saturated rings. The van der Waals surface area contributed by atoms with Crippen molar-refractivity contribution in [2.24, 2.45) is 0 Å². The molecule has 1 N–H and O–H groups in total. The van der Waals surface area contributed by atoms with E-state index in [-0.39, 0.29) is 6.04 Å². The molecule has 0 spiro atoms. The fourth-order valence-electron chi connectivity index (χ4n) is 1.54. The van der Waals surface area contributed by atoms with E-state index >= 15 is 0 Å². The second-order valence-electron chi connectivity index (χ2n) is 5.26. The molecule has 19 heavy (non-hydrogen) atoms. The molecule has 5 heteroatoms. The Labute approximate surface area is 122 Å². The van der Waals surface area contributed by atoms with E-state index in [4.69, 9.17) is 9.47 Å². The van der Waals surface area contributed by atoms with E-state index in [1.807, 2.05) is 45.9 Å². The molecule has 0 aliphatic rings. The Bertz CT molecular complexity index is 454. The highest BCUT2D eigenvalue weighted by atomic mass is 79.9. The van der Waals surface area contributed by atoms with E-state index < -0.39 is 11.7 Å². The third-order valence-electron chi connectivity index (χ3n) is 2.40. The van der Waals surface area contributed by atoms with Crippen LogP contribution in [0, 0.1) is 0 Å². The zero-order valence-electron chi connectivity index (χ0n) is 11.9. The Morgan fingerprint density at radius 2 is 2.00 bits per heavy atom. The maximum Gasteiger partial charge on any atom is 0.408 e. The minimum absolute atomic E-state index is 0.181. The average Bonchev–Trinajstić information content (AvgIpc) is 2.26. The first kappa shape index (κ1) is 15.8. The average molecular weight is 330 g/mol. The quantitative estimate of drug-likeness (QED) is 0.910. The summed E-state index contributed by atoms with van der Waals surface area (Å²) < 4.78 is 11.3. The number of amides is 1. The van der Waals surface area contributed by atoms with Gasteiger partial charge in [0.2, 0.25) is 0 Å². The number of rotatable bonds is 3. The van der Waals surface area contributed by atoms with Crippen LogP contribution >= 0.6 is 15.9 Å². The number of carbonyl (C=O) groups excluding carboxylic acids is 1. The summed E-state index contributed by atoms with van der Waals surface area (Å²) in [6.45, 7) is 7.39. The lowest BCUT2D eigenvalue weighted by Gasteiger charge is -2.22. The lowest BCUT2D eigenvalue weighted by atomic mass is 10.1. The smallest absolute Gasteiger partial charge is 0.408 e. The molecule has 0 bridgehead atoms. The zero-order valence-corrected chi connectivity index (χ0v) is 13.5. The Kier molecular flexibility index (Phi) is 5.23. The molecule has 0 radical (unpaired) electrons. The number of alkyl carbamates (subject to hydrolysis) is 1. The minimum Gasteiger partial charge on any atom is -0.497 e. The maximum absolute atomic E-state index is 11.7. The third kappa shape index (κ3) is 5.11. The molecule has 0 aliphatic carbocycles. The fourth-order valence-corrected chi connectivity index (χ4v) is 2.13. The van der Waals surface area contributed by atoms with Gasteiger partial charge < -0.3 is 14.8 Å². The lowest BCUT2D eigenvalue weighted by Crippen LogP contribution is -2.34. The van der Waals surface area contributed by atoms with Crippen LogP contribution in [-0.2, 0) is 4.74 Å². The van der Waals surface area contributed by atoms with Crippen LogP contribution in [0.15, 0.2) is 22.7 Å². The molecule has 0 saturated heterocycles. The Morgan fingerprint density at radius 1 is 1.37 bits per heavy atom. The molecule has 0 aromatic heterocycles. The summed E-state index contributed by atoms with van der Waals surface area (Å²) in [6, 6.07) is 5.45. The van der Waals surface area contributed by atoms with Crippen molar-refractivity contribution in [2.75, 3.05) is 7.11 Å². The van der Waals surface area contributed by atoms with Gasteiger partial charge in [-0.1, -0.05) is 15.9 Å². The zero-order chi connectivity index (χ0) is 14.6. The Morgan fingerprint density at radius 3 is 2.53 bits per heavy atom. The van der Waals surface area contributed by atoms with Crippen LogP contribution < -0.4 is 10.1 Å². The summed E-state index contributed by atoms with van der Waals surface area (Å²) in [5.74, 6) is 0.746. The van der Waals surface area contributed by atoms with Crippen molar-refractivity contribution in [3.05, 3.63) is 28.2 Å². The summed E-state index contributed by atoms with van der Waals surface area (Å²) in [5.41, 5.74) is 0.431. The van der Waals surface area contributed by atoms with Crippen LogP contribution in [0.25, 0.3) is 0 Å². The summed E-state index contributed by atoms with van der Waals surface area (Å²) >= 11 is 3.46. The molecular formula is C14H20BrNO3. The van der Waals surface area contributed by atoms with Crippen LogP contribution in [0.2, 0.25) is 0 Å². The molecular weight excluding hydrogens is 310 g/mol. The molecule has 1 rings (SSSR count). The van der Waals surface area contributed by atoms with Crippen LogP contribution in [0.1, 0.15) is 39.3 Å². The van der Waals surface area contributed by atoms with Gasteiger partial charge in [0.25, 0.3) is 0 Å². The van der Waals surface area contributed by atoms with Gasteiger partial charge in [0, 0.05) is 4.47 Å². The molecule has 4 nitrogen and oxygen atoms in total. The predicted octanol–water partition coefficient (Wildman–Crippen LogP) is 4.04. The van der Waals surface area contributed by atoms with Crippen LogP contribution in [-0.4, -0.2) is 18.8 Å². The monoisotopic (exact) mass is 329 g/mol. The predicted molar refractivity (Wildman–Crippen MR) is 78.5 cm³/mol. The van der Waals surface area contributed by atoms with E-state index in [1.165, 1.54) is 0 Å². The first-order valence-corrected chi connectivity index (χ1v) is 6.85. The van der Waals surface area contributed by atoms with Gasteiger partial charge in [0.15, 0.2) is 0 Å². The van der Waals surface area contributed by atoms with E-state index in [9.17, 15) is 4.79 Å². The van der Waals surface area contributed by atoms with E-state index in [1.54, 1.807) is 7.11 Å². The van der Waals surface area contributed by atoms with Crippen molar-refractivity contribution in [1.82, 2.24) is 5.32 Å². The first-order valence-electron chi connectivity index (χ1n) is 6.06. The second kappa shape index (κ2) is 6.28. The Hall–Kier alpha value is -1.23. The fraction of sp³-hybridized carbons (Fsp3) is 0.500. The van der Waals surface area contributed by atoms with Gasteiger partial charge in [-0.2, -0.15) is 0 Å². The van der Waals surface area contributed by atoms with Gasteiger partial charge in [-0.25, -0.2) is 4.79 Å². The number of hydrogen-bond acceptors (Lipinski definition) is 3. The molecule has 1 atom stereocenters. The maximum atomic E-state index is 11.7. The van der Waals surface area contributed by atoms with Crippen LogP contribution in [0.4, 0.5) is 4.79 Å². The number of carbonyl (C=O) groups is 1. The second-order valence-corrected chi connectivity index (χ2v) is 6.11. The molecule has 1 aromatic carbocycles. The number of hydrogen-bond donors (Lipinski definition) is 1. The molecule has 106 valence electrons. The van der Waals surface area contributed by atoms with Gasteiger partial charge >= 0.3 is 6.09 Å². The van der Waals surface area contributed by atoms with Crippen molar-refractivity contribution in [2.45, 2.75) is 39.3 Å². The summed E-state index contributed by atoms with van der Waals surface area (Å²) in [6.07, 6.45) is -0.435. The lowest BCUT2D eigenvalue weighted by molar-refractivity contribution is 0.0507. The third-order valence-corrected chi connectivity index (χ3v) is 3.13. The molecule has 1 amide bonds. The first-order chi connectivity index (χ1) is 8.73. The van der Waals surface area contributed by atoms with Gasteiger partial charge in [-0.05, 0) is 51.5 Å². The molecule has 1 aromatic rings. The highest BCUT2D eigenvalue weighted by Crippen LogP contribution is 2.27. The van der Waals surface area contributed by atoms with Crippen molar-refractivity contribution in [1.29, 1.82) is 0 Å². The van der Waals surface area contributed by atoms with Gasteiger partial charge in [0.05, 0.1) is 13.2 Å².